The topological polar surface area (TPSA) is 59.4 Å². The summed E-state index contributed by atoms with van der Waals surface area (Å²) in [5.41, 5.74) is 2.88. The highest BCUT2D eigenvalue weighted by molar-refractivity contribution is 7.15. The van der Waals surface area contributed by atoms with Gasteiger partial charge in [-0.3, -0.25) is 4.79 Å². The van der Waals surface area contributed by atoms with Crippen molar-refractivity contribution in [2.24, 2.45) is 0 Å². The van der Waals surface area contributed by atoms with Gasteiger partial charge in [-0.2, -0.15) is 0 Å². The van der Waals surface area contributed by atoms with Crippen LogP contribution >= 0.6 is 11.3 Å². The molecule has 5 heteroatoms. The normalized spacial score (nSPS) is 17.1. The lowest BCUT2D eigenvalue weighted by molar-refractivity contribution is -0.138. The van der Waals surface area contributed by atoms with Crippen LogP contribution in [0, 0.1) is 0 Å². The summed E-state index contributed by atoms with van der Waals surface area (Å²) in [6.45, 7) is 0.566. The molecule has 0 amide bonds. The zero-order chi connectivity index (χ0) is 14.1. The predicted octanol–water partition coefficient (Wildman–Crippen LogP) is 3.07. The first-order valence-electron chi connectivity index (χ1n) is 6.49. The molecule has 1 aliphatic carbocycles. The van der Waals surface area contributed by atoms with Gasteiger partial charge in [0.25, 0.3) is 0 Å². The fraction of sp³-hybridized carbons (Fsp3) is 0.333. The highest BCUT2D eigenvalue weighted by atomic mass is 32.1. The van der Waals surface area contributed by atoms with E-state index in [2.05, 4.69) is 4.98 Å². The largest absolute Gasteiger partial charge is 0.481 e. The van der Waals surface area contributed by atoms with Crippen molar-refractivity contribution in [1.29, 1.82) is 0 Å². The van der Waals surface area contributed by atoms with Crippen LogP contribution in [0.3, 0.4) is 0 Å². The molecular formula is C15H15NO3S. The van der Waals surface area contributed by atoms with Crippen LogP contribution in [0.25, 0.3) is 10.6 Å². The third-order valence-corrected chi connectivity index (χ3v) is 4.68. The van der Waals surface area contributed by atoms with Gasteiger partial charge in [0.05, 0.1) is 12.3 Å². The molecule has 1 N–H and O–H groups in total. The molecule has 2 aromatic rings. The molecule has 4 nitrogen and oxygen atoms in total. The third kappa shape index (κ3) is 2.34. The van der Waals surface area contributed by atoms with Gasteiger partial charge < -0.3 is 9.84 Å². The maximum Gasteiger partial charge on any atom is 0.312 e. The number of benzene rings is 1. The standard InChI is InChI=1S/C15H15NO3S/c1-19-8-9-3-2-4-10(7-9)14-16-13-11(15(17)18)5-6-12(13)20-14/h2-4,7,11H,5-6,8H2,1H3,(H,17,18). The van der Waals surface area contributed by atoms with E-state index in [1.54, 1.807) is 18.4 Å². The number of aliphatic carboxylic acids is 1. The monoisotopic (exact) mass is 289 g/mol. The summed E-state index contributed by atoms with van der Waals surface area (Å²) in [5.74, 6) is -1.20. The summed E-state index contributed by atoms with van der Waals surface area (Å²) < 4.78 is 5.13. The Balaban J connectivity index is 1.94. The number of carboxylic acids is 1. The zero-order valence-electron chi connectivity index (χ0n) is 11.1. The number of aryl methyl sites for hydroxylation is 1. The van der Waals surface area contributed by atoms with Crippen molar-refractivity contribution in [2.75, 3.05) is 7.11 Å². The van der Waals surface area contributed by atoms with E-state index in [-0.39, 0.29) is 0 Å². The SMILES string of the molecule is COCc1cccc(-c2nc3c(s2)CCC3C(=O)O)c1. The number of rotatable bonds is 4. The van der Waals surface area contributed by atoms with E-state index < -0.39 is 11.9 Å². The molecule has 1 heterocycles. The van der Waals surface area contributed by atoms with Gasteiger partial charge in [-0.15, -0.1) is 11.3 Å². The number of aromatic nitrogens is 1. The fourth-order valence-corrected chi connectivity index (χ4v) is 3.69. The number of thiazole rings is 1. The van der Waals surface area contributed by atoms with Crippen LogP contribution in [0.2, 0.25) is 0 Å². The minimum absolute atomic E-state index is 0.433. The number of nitrogens with zero attached hydrogens (tertiary/aromatic N) is 1. The molecule has 0 bridgehead atoms. The van der Waals surface area contributed by atoms with Gasteiger partial charge in [0, 0.05) is 17.6 Å². The molecule has 1 aromatic carbocycles. The molecule has 0 fully saturated rings. The minimum Gasteiger partial charge on any atom is -0.481 e. The lowest BCUT2D eigenvalue weighted by Gasteiger charge is -2.03. The van der Waals surface area contributed by atoms with Crippen LogP contribution in [0.4, 0.5) is 0 Å². The second-order valence-electron chi connectivity index (χ2n) is 4.89. The van der Waals surface area contributed by atoms with E-state index in [0.29, 0.717) is 13.0 Å². The van der Waals surface area contributed by atoms with Crippen LogP contribution < -0.4 is 0 Å². The molecule has 0 spiro atoms. The fourth-order valence-electron chi connectivity index (χ4n) is 2.55. The average molecular weight is 289 g/mol. The maximum atomic E-state index is 11.2. The van der Waals surface area contributed by atoms with Crippen molar-refractivity contribution in [3.8, 4) is 10.6 Å². The first-order valence-corrected chi connectivity index (χ1v) is 7.31. The second-order valence-corrected chi connectivity index (χ2v) is 5.97. The lowest BCUT2D eigenvalue weighted by Crippen LogP contribution is -2.08. The highest BCUT2D eigenvalue weighted by Gasteiger charge is 2.32. The van der Waals surface area contributed by atoms with Crippen LogP contribution in [-0.2, 0) is 22.6 Å². The molecule has 0 aliphatic heterocycles. The Morgan fingerprint density at radius 2 is 2.40 bits per heavy atom. The van der Waals surface area contributed by atoms with E-state index in [0.717, 1.165) is 33.1 Å². The van der Waals surface area contributed by atoms with Crippen LogP contribution in [-0.4, -0.2) is 23.2 Å². The summed E-state index contributed by atoms with van der Waals surface area (Å²) >= 11 is 1.61. The van der Waals surface area contributed by atoms with Crippen LogP contribution in [0.5, 0.6) is 0 Å². The molecule has 1 aliphatic rings. The molecule has 0 radical (unpaired) electrons. The van der Waals surface area contributed by atoms with Crippen molar-refractivity contribution in [3.05, 3.63) is 40.4 Å². The Hall–Kier alpha value is -1.72. The molecular weight excluding hydrogens is 274 g/mol. The van der Waals surface area contributed by atoms with Crippen LogP contribution in [0.1, 0.15) is 28.5 Å². The number of fused-ring (bicyclic) bond motifs is 1. The molecule has 0 saturated carbocycles. The first-order chi connectivity index (χ1) is 9.69. The molecule has 0 saturated heterocycles. The molecule has 1 atom stereocenters. The number of carbonyl (C=O) groups is 1. The zero-order valence-corrected chi connectivity index (χ0v) is 11.9. The van der Waals surface area contributed by atoms with Crippen molar-refractivity contribution in [3.63, 3.8) is 0 Å². The van der Waals surface area contributed by atoms with Gasteiger partial charge in [0.15, 0.2) is 0 Å². The molecule has 1 aromatic heterocycles. The first kappa shape index (κ1) is 13.3. The highest BCUT2D eigenvalue weighted by Crippen LogP contribution is 2.39. The molecule has 20 heavy (non-hydrogen) atoms. The predicted molar refractivity (Wildman–Crippen MR) is 77.0 cm³/mol. The number of methoxy groups -OCH3 is 1. The van der Waals surface area contributed by atoms with Gasteiger partial charge in [0.2, 0.25) is 0 Å². The van der Waals surface area contributed by atoms with Crippen molar-refractivity contribution >= 4 is 17.3 Å². The van der Waals surface area contributed by atoms with E-state index >= 15 is 0 Å². The van der Waals surface area contributed by atoms with Gasteiger partial charge >= 0.3 is 5.97 Å². The Morgan fingerprint density at radius 3 is 3.15 bits per heavy atom. The smallest absolute Gasteiger partial charge is 0.312 e. The number of hydrogen-bond acceptors (Lipinski definition) is 4. The third-order valence-electron chi connectivity index (χ3n) is 3.50. The Bertz CT molecular complexity index is 650. The van der Waals surface area contributed by atoms with E-state index in [1.807, 2.05) is 24.3 Å². The van der Waals surface area contributed by atoms with E-state index in [4.69, 9.17) is 4.74 Å². The Labute approximate surface area is 121 Å². The number of carboxylic acid groups (broad SMARTS) is 1. The quantitative estimate of drug-likeness (QED) is 0.939. The number of ether oxygens (including phenoxy) is 1. The van der Waals surface area contributed by atoms with E-state index in [1.165, 1.54) is 0 Å². The summed E-state index contributed by atoms with van der Waals surface area (Å²) in [4.78, 5) is 16.9. The van der Waals surface area contributed by atoms with Gasteiger partial charge in [-0.05, 0) is 24.5 Å². The Morgan fingerprint density at radius 1 is 1.55 bits per heavy atom. The molecule has 3 rings (SSSR count). The molecule has 104 valence electrons. The summed E-state index contributed by atoms with van der Waals surface area (Å²) in [6, 6.07) is 8.04. The Kier molecular flexibility index (Phi) is 3.54. The summed E-state index contributed by atoms with van der Waals surface area (Å²) in [7, 11) is 1.67. The maximum absolute atomic E-state index is 11.2. The van der Waals surface area contributed by atoms with Crippen molar-refractivity contribution < 1.29 is 14.6 Å². The van der Waals surface area contributed by atoms with E-state index in [9.17, 15) is 9.90 Å². The van der Waals surface area contributed by atoms with Crippen LogP contribution in [0.15, 0.2) is 24.3 Å². The van der Waals surface area contributed by atoms with Gasteiger partial charge in [-0.25, -0.2) is 4.98 Å². The lowest BCUT2D eigenvalue weighted by atomic mass is 10.1. The minimum atomic E-state index is -0.770. The van der Waals surface area contributed by atoms with Crippen molar-refractivity contribution in [1.82, 2.24) is 4.98 Å². The summed E-state index contributed by atoms with van der Waals surface area (Å²) in [6.07, 6.45) is 1.50. The second kappa shape index (κ2) is 5.34. The number of hydrogen-bond donors (Lipinski definition) is 1. The average Bonchev–Trinajstić information content (AvgIpc) is 2.98. The summed E-state index contributed by atoms with van der Waals surface area (Å²) in [5, 5.41) is 10.1. The van der Waals surface area contributed by atoms with Crippen molar-refractivity contribution in [2.45, 2.75) is 25.4 Å². The van der Waals surface area contributed by atoms with Gasteiger partial charge in [-0.1, -0.05) is 18.2 Å². The molecule has 1 unspecified atom stereocenters. The van der Waals surface area contributed by atoms with Gasteiger partial charge in [0.1, 0.15) is 10.9 Å².